The molecule has 2 rings (SSSR count). The monoisotopic (exact) mass is 292 g/mol. The zero-order valence-electron chi connectivity index (χ0n) is 12.8. The van der Waals surface area contributed by atoms with Crippen molar-refractivity contribution in [2.24, 2.45) is 5.92 Å². The number of anilines is 1. The Hall–Kier alpha value is -1.98. The van der Waals surface area contributed by atoms with Crippen LogP contribution in [0.15, 0.2) is 12.3 Å². The van der Waals surface area contributed by atoms with E-state index in [9.17, 15) is 9.59 Å². The zero-order chi connectivity index (χ0) is 15.6. The summed E-state index contributed by atoms with van der Waals surface area (Å²) in [5.74, 6) is -0.0518. The minimum atomic E-state index is -0.569. The molecule has 1 fully saturated rings. The van der Waals surface area contributed by atoms with Crippen LogP contribution in [0.2, 0.25) is 0 Å². The van der Waals surface area contributed by atoms with Crippen LogP contribution in [0.25, 0.3) is 0 Å². The Morgan fingerprint density at radius 1 is 1.38 bits per heavy atom. The average molecular weight is 292 g/mol. The Labute approximate surface area is 125 Å². The lowest BCUT2D eigenvalue weighted by molar-refractivity contribution is -0.122. The fraction of sp³-hybridized carbons (Fsp3) is 0.600. The smallest absolute Gasteiger partial charge is 0.268 e. The normalized spacial score (nSPS) is 15.8. The maximum atomic E-state index is 12.3. The summed E-state index contributed by atoms with van der Waals surface area (Å²) in [4.78, 5) is 24.2. The van der Waals surface area contributed by atoms with E-state index in [2.05, 4.69) is 10.6 Å². The third-order valence-electron chi connectivity index (χ3n) is 3.47. The fourth-order valence-corrected chi connectivity index (χ4v) is 2.13. The molecular weight excluding hydrogens is 268 g/mol. The molecule has 4 N–H and O–H groups in total. The Morgan fingerprint density at radius 3 is 2.62 bits per heavy atom. The molecule has 0 radical (unpaired) electrons. The first-order valence-corrected chi connectivity index (χ1v) is 7.44. The van der Waals surface area contributed by atoms with E-state index in [1.165, 1.54) is 0 Å². The summed E-state index contributed by atoms with van der Waals surface area (Å²) < 4.78 is 1.91. The van der Waals surface area contributed by atoms with E-state index in [1.54, 1.807) is 19.2 Å². The van der Waals surface area contributed by atoms with Gasteiger partial charge in [0.25, 0.3) is 5.91 Å². The molecule has 1 aliphatic carbocycles. The second-order valence-corrected chi connectivity index (χ2v) is 6.13. The number of nitrogens with two attached hydrogens (primary N) is 1. The van der Waals surface area contributed by atoms with Crippen LogP contribution in [0.5, 0.6) is 0 Å². The van der Waals surface area contributed by atoms with Crippen LogP contribution in [-0.2, 0) is 4.79 Å². The van der Waals surface area contributed by atoms with E-state index >= 15 is 0 Å². The van der Waals surface area contributed by atoms with Crippen LogP contribution in [0, 0.1) is 5.92 Å². The number of nitrogen functional groups attached to an aromatic ring is 1. The summed E-state index contributed by atoms with van der Waals surface area (Å²) in [7, 11) is 0. The van der Waals surface area contributed by atoms with Crippen LogP contribution in [0.1, 0.15) is 50.1 Å². The molecule has 1 aromatic heterocycles. The molecule has 1 unspecified atom stereocenters. The lowest BCUT2D eigenvalue weighted by Crippen LogP contribution is -2.46. The Morgan fingerprint density at radius 2 is 2.05 bits per heavy atom. The largest absolute Gasteiger partial charge is 0.397 e. The number of amides is 2. The Bertz CT molecular complexity index is 532. The first-order chi connectivity index (χ1) is 9.88. The quantitative estimate of drug-likeness (QED) is 0.738. The maximum absolute atomic E-state index is 12.3. The predicted octanol–water partition coefficient (Wildman–Crippen LogP) is 1.30. The summed E-state index contributed by atoms with van der Waals surface area (Å²) in [5, 5.41) is 5.54. The molecule has 21 heavy (non-hydrogen) atoms. The van der Waals surface area contributed by atoms with Crippen molar-refractivity contribution in [3.8, 4) is 0 Å². The van der Waals surface area contributed by atoms with Crippen LogP contribution in [-0.4, -0.2) is 29.0 Å². The number of hydrogen-bond donors (Lipinski definition) is 3. The zero-order valence-corrected chi connectivity index (χ0v) is 12.8. The molecule has 116 valence electrons. The van der Waals surface area contributed by atoms with Gasteiger partial charge in [0, 0.05) is 18.8 Å². The minimum Gasteiger partial charge on any atom is -0.397 e. The van der Waals surface area contributed by atoms with Crippen molar-refractivity contribution in [1.82, 2.24) is 15.2 Å². The molecule has 0 saturated heterocycles. The lowest BCUT2D eigenvalue weighted by Gasteiger charge is -2.16. The van der Waals surface area contributed by atoms with E-state index in [0.29, 0.717) is 29.9 Å². The molecule has 1 heterocycles. The molecule has 0 aliphatic heterocycles. The highest BCUT2D eigenvalue weighted by Crippen LogP contribution is 2.37. The third-order valence-corrected chi connectivity index (χ3v) is 3.47. The van der Waals surface area contributed by atoms with Crippen molar-refractivity contribution in [2.45, 2.75) is 45.7 Å². The highest BCUT2D eigenvalue weighted by Gasteiger charge is 2.28. The number of nitrogens with one attached hydrogen (secondary N) is 2. The van der Waals surface area contributed by atoms with Gasteiger partial charge in [0.15, 0.2) is 0 Å². The number of carbonyl (C=O) groups excluding carboxylic acids is 2. The van der Waals surface area contributed by atoms with Gasteiger partial charge in [-0.25, -0.2) is 0 Å². The second kappa shape index (κ2) is 6.20. The summed E-state index contributed by atoms with van der Waals surface area (Å²) in [5.41, 5.74) is 6.87. The first-order valence-electron chi connectivity index (χ1n) is 7.44. The Balaban J connectivity index is 1.96. The Kier molecular flexibility index (Phi) is 4.55. The van der Waals surface area contributed by atoms with Crippen molar-refractivity contribution >= 4 is 17.5 Å². The molecule has 1 aliphatic rings. The number of aromatic nitrogens is 1. The molecular formula is C15H24N4O2. The lowest BCUT2D eigenvalue weighted by atomic mass is 10.2. The van der Waals surface area contributed by atoms with Gasteiger partial charge in [0.2, 0.25) is 5.91 Å². The standard InChI is InChI=1S/C15H24N4O2/c1-9(2)7-17-14(20)10(3)18-15(21)13-6-11(16)8-19(13)12-4-5-12/h6,8-10,12H,4-5,7,16H2,1-3H3,(H,17,20)(H,18,21). The maximum Gasteiger partial charge on any atom is 0.268 e. The molecule has 2 amide bonds. The molecule has 6 nitrogen and oxygen atoms in total. The van der Waals surface area contributed by atoms with E-state index < -0.39 is 6.04 Å². The van der Waals surface area contributed by atoms with E-state index in [4.69, 9.17) is 5.73 Å². The van der Waals surface area contributed by atoms with Crippen molar-refractivity contribution in [2.75, 3.05) is 12.3 Å². The third kappa shape index (κ3) is 4.00. The summed E-state index contributed by atoms with van der Waals surface area (Å²) in [6.07, 6.45) is 3.92. The number of nitrogens with zero attached hydrogens (tertiary/aromatic N) is 1. The van der Waals surface area contributed by atoms with Gasteiger partial charge in [-0.15, -0.1) is 0 Å². The van der Waals surface area contributed by atoms with E-state index in [-0.39, 0.29) is 11.8 Å². The van der Waals surface area contributed by atoms with Crippen molar-refractivity contribution in [3.63, 3.8) is 0 Å². The number of hydrogen-bond acceptors (Lipinski definition) is 3. The number of carbonyl (C=O) groups is 2. The van der Waals surface area contributed by atoms with Gasteiger partial charge in [0.1, 0.15) is 11.7 Å². The highest BCUT2D eigenvalue weighted by atomic mass is 16.2. The van der Waals surface area contributed by atoms with Crippen LogP contribution in [0.3, 0.4) is 0 Å². The van der Waals surface area contributed by atoms with E-state index in [0.717, 1.165) is 12.8 Å². The molecule has 0 spiro atoms. The fourth-order valence-electron chi connectivity index (χ4n) is 2.13. The van der Waals surface area contributed by atoms with Crippen molar-refractivity contribution in [1.29, 1.82) is 0 Å². The summed E-state index contributed by atoms with van der Waals surface area (Å²) in [6.45, 7) is 6.33. The summed E-state index contributed by atoms with van der Waals surface area (Å²) in [6, 6.07) is 1.46. The van der Waals surface area contributed by atoms with Gasteiger partial charge in [-0.3, -0.25) is 9.59 Å². The van der Waals surface area contributed by atoms with Gasteiger partial charge in [-0.05, 0) is 31.7 Å². The second-order valence-electron chi connectivity index (χ2n) is 6.13. The van der Waals surface area contributed by atoms with Gasteiger partial charge >= 0.3 is 0 Å². The predicted molar refractivity (Wildman–Crippen MR) is 81.9 cm³/mol. The molecule has 0 bridgehead atoms. The van der Waals surface area contributed by atoms with Gasteiger partial charge < -0.3 is 20.9 Å². The molecule has 1 aromatic rings. The first kappa shape index (κ1) is 15.4. The van der Waals surface area contributed by atoms with Crippen LogP contribution in [0.4, 0.5) is 5.69 Å². The van der Waals surface area contributed by atoms with Gasteiger partial charge in [-0.1, -0.05) is 13.8 Å². The van der Waals surface area contributed by atoms with Crippen molar-refractivity contribution < 1.29 is 9.59 Å². The molecule has 0 aromatic carbocycles. The molecule has 1 saturated carbocycles. The van der Waals surface area contributed by atoms with E-state index in [1.807, 2.05) is 18.4 Å². The molecule has 1 atom stereocenters. The van der Waals surface area contributed by atoms with Gasteiger partial charge in [0.05, 0.1) is 5.69 Å². The van der Waals surface area contributed by atoms with Crippen LogP contribution >= 0.6 is 0 Å². The summed E-state index contributed by atoms with van der Waals surface area (Å²) >= 11 is 0. The number of rotatable bonds is 6. The minimum absolute atomic E-state index is 0.172. The topological polar surface area (TPSA) is 89.2 Å². The average Bonchev–Trinajstić information content (AvgIpc) is 3.18. The van der Waals surface area contributed by atoms with Crippen LogP contribution < -0.4 is 16.4 Å². The van der Waals surface area contributed by atoms with Gasteiger partial charge in [-0.2, -0.15) is 0 Å². The highest BCUT2D eigenvalue weighted by molar-refractivity contribution is 5.97. The van der Waals surface area contributed by atoms with Crippen molar-refractivity contribution in [3.05, 3.63) is 18.0 Å². The molecule has 6 heteroatoms. The SMILES string of the molecule is CC(C)CNC(=O)C(C)NC(=O)c1cc(N)cn1C1CC1.